The van der Waals surface area contributed by atoms with Gasteiger partial charge in [-0.25, -0.2) is 4.79 Å². The molecule has 2 rings (SSSR count). The summed E-state index contributed by atoms with van der Waals surface area (Å²) in [6.45, 7) is 1.05. The van der Waals surface area contributed by atoms with Gasteiger partial charge in [-0.3, -0.25) is 0 Å². The maximum atomic E-state index is 10.6. The highest BCUT2D eigenvalue weighted by Crippen LogP contribution is 2.29. The van der Waals surface area contributed by atoms with Crippen molar-refractivity contribution >= 4 is 29.7 Å². The van der Waals surface area contributed by atoms with Gasteiger partial charge in [-0.05, 0) is 31.5 Å². The topological polar surface area (TPSA) is 49.3 Å². The molecule has 14 heavy (non-hydrogen) atoms. The number of nitrogens with one attached hydrogen (secondary N) is 1. The molecule has 0 saturated carbocycles. The molecule has 5 heteroatoms. The van der Waals surface area contributed by atoms with Crippen molar-refractivity contribution in [1.29, 1.82) is 0 Å². The van der Waals surface area contributed by atoms with Gasteiger partial charge < -0.3 is 10.4 Å². The van der Waals surface area contributed by atoms with Crippen LogP contribution in [-0.2, 0) is 0 Å². The molecule has 2 heterocycles. The Hall–Kier alpha value is -0.580. The van der Waals surface area contributed by atoms with E-state index in [1.54, 1.807) is 6.07 Å². The van der Waals surface area contributed by atoms with Gasteiger partial charge in [-0.1, -0.05) is 0 Å². The van der Waals surface area contributed by atoms with E-state index in [2.05, 4.69) is 5.32 Å². The lowest BCUT2D eigenvalue weighted by molar-refractivity contribution is 0.0702. The summed E-state index contributed by atoms with van der Waals surface area (Å²) in [4.78, 5) is 12.2. The van der Waals surface area contributed by atoms with E-state index in [1.807, 2.05) is 6.07 Å². The first-order valence-corrected chi connectivity index (χ1v) is 5.15. The second-order valence-electron chi connectivity index (χ2n) is 3.16. The Balaban J connectivity index is 0.000000980. The maximum absolute atomic E-state index is 10.6. The van der Waals surface area contributed by atoms with Crippen molar-refractivity contribution in [2.24, 2.45) is 0 Å². The second kappa shape index (κ2) is 4.77. The average Bonchev–Trinajstić information content (AvgIpc) is 2.75. The van der Waals surface area contributed by atoms with Crippen molar-refractivity contribution in [3.8, 4) is 0 Å². The molecule has 1 aliphatic heterocycles. The van der Waals surface area contributed by atoms with E-state index in [4.69, 9.17) is 5.11 Å². The van der Waals surface area contributed by atoms with E-state index in [1.165, 1.54) is 17.8 Å². The first-order valence-electron chi connectivity index (χ1n) is 4.34. The van der Waals surface area contributed by atoms with Crippen LogP contribution in [0.5, 0.6) is 0 Å². The molecule has 1 aliphatic rings. The van der Waals surface area contributed by atoms with E-state index in [-0.39, 0.29) is 12.4 Å². The quantitative estimate of drug-likeness (QED) is 0.824. The summed E-state index contributed by atoms with van der Waals surface area (Å²) < 4.78 is 0. The van der Waals surface area contributed by atoms with Crippen molar-refractivity contribution in [2.45, 2.75) is 18.9 Å². The Morgan fingerprint density at radius 3 is 2.86 bits per heavy atom. The lowest BCUT2D eigenvalue weighted by atomic mass is 10.2. The van der Waals surface area contributed by atoms with Crippen LogP contribution in [0.15, 0.2) is 12.1 Å². The van der Waals surface area contributed by atoms with Crippen LogP contribution in [0.25, 0.3) is 0 Å². The number of carboxylic acids is 1. The van der Waals surface area contributed by atoms with Gasteiger partial charge in [0.15, 0.2) is 0 Å². The van der Waals surface area contributed by atoms with Crippen molar-refractivity contribution in [3.63, 3.8) is 0 Å². The molecule has 0 aromatic carbocycles. The third kappa shape index (κ3) is 2.26. The van der Waals surface area contributed by atoms with Crippen molar-refractivity contribution < 1.29 is 9.90 Å². The first kappa shape index (κ1) is 11.5. The molecule has 2 N–H and O–H groups in total. The smallest absolute Gasteiger partial charge is 0.345 e. The number of hydrogen-bond acceptors (Lipinski definition) is 3. The normalized spacial score (nSPS) is 20.4. The van der Waals surface area contributed by atoms with E-state index < -0.39 is 5.97 Å². The first-order chi connectivity index (χ1) is 6.27. The van der Waals surface area contributed by atoms with Gasteiger partial charge >= 0.3 is 5.97 Å². The lowest BCUT2D eigenvalue weighted by Crippen LogP contribution is -2.11. The number of halogens is 1. The molecule has 1 fully saturated rings. The van der Waals surface area contributed by atoms with Gasteiger partial charge in [0, 0.05) is 10.9 Å². The summed E-state index contributed by atoms with van der Waals surface area (Å²) in [7, 11) is 0. The molecule has 0 aliphatic carbocycles. The van der Waals surface area contributed by atoms with Crippen LogP contribution in [0.2, 0.25) is 0 Å². The number of hydrogen-bond donors (Lipinski definition) is 2. The molecular weight excluding hydrogens is 222 g/mol. The van der Waals surface area contributed by atoms with Crippen LogP contribution in [0, 0.1) is 0 Å². The van der Waals surface area contributed by atoms with Crippen molar-refractivity contribution in [1.82, 2.24) is 5.32 Å². The molecule has 1 unspecified atom stereocenters. The molecule has 0 radical (unpaired) electrons. The monoisotopic (exact) mass is 233 g/mol. The Labute approximate surface area is 92.5 Å². The number of carbonyl (C=O) groups is 1. The summed E-state index contributed by atoms with van der Waals surface area (Å²) in [5.41, 5.74) is 0. The SMILES string of the molecule is Cl.O=C(O)c1ccc(C2CCCN2)s1. The molecule has 78 valence electrons. The van der Waals surface area contributed by atoms with Gasteiger partial charge in [0.1, 0.15) is 4.88 Å². The van der Waals surface area contributed by atoms with Crippen molar-refractivity contribution in [2.75, 3.05) is 6.54 Å². The predicted octanol–water partition coefficient (Wildman–Crippen LogP) is 2.29. The lowest BCUT2D eigenvalue weighted by Gasteiger charge is -2.05. The third-order valence-corrected chi connectivity index (χ3v) is 3.43. The van der Waals surface area contributed by atoms with E-state index in [9.17, 15) is 4.79 Å². The molecule has 1 saturated heterocycles. The molecule has 1 aromatic heterocycles. The minimum atomic E-state index is -0.825. The number of thiophene rings is 1. The standard InChI is InChI=1S/C9H11NO2S.ClH/c11-9(12)8-4-3-7(13-8)6-2-1-5-10-6;/h3-4,6,10H,1-2,5H2,(H,11,12);1H. The fourth-order valence-corrected chi connectivity index (χ4v) is 2.54. The molecule has 0 amide bonds. The van der Waals surface area contributed by atoms with Gasteiger partial charge in [-0.15, -0.1) is 23.7 Å². The van der Waals surface area contributed by atoms with Gasteiger partial charge in [0.2, 0.25) is 0 Å². The van der Waals surface area contributed by atoms with E-state index in [0.29, 0.717) is 10.9 Å². The second-order valence-corrected chi connectivity index (χ2v) is 4.27. The maximum Gasteiger partial charge on any atom is 0.345 e. The van der Waals surface area contributed by atoms with Crippen LogP contribution < -0.4 is 5.32 Å². The Morgan fingerprint density at radius 2 is 2.36 bits per heavy atom. The Morgan fingerprint density at radius 1 is 1.57 bits per heavy atom. The molecule has 3 nitrogen and oxygen atoms in total. The third-order valence-electron chi connectivity index (χ3n) is 2.24. The van der Waals surface area contributed by atoms with Crippen LogP contribution in [0.1, 0.15) is 33.4 Å². The fourth-order valence-electron chi connectivity index (χ4n) is 1.58. The summed E-state index contributed by atoms with van der Waals surface area (Å²) >= 11 is 1.38. The molecule has 1 aromatic rings. The number of rotatable bonds is 2. The highest BCUT2D eigenvalue weighted by atomic mass is 35.5. The zero-order valence-corrected chi connectivity index (χ0v) is 9.16. The summed E-state index contributed by atoms with van der Waals surface area (Å²) in [5, 5.41) is 12.1. The largest absolute Gasteiger partial charge is 0.477 e. The predicted molar refractivity (Wildman–Crippen MR) is 58.5 cm³/mol. The van der Waals surface area contributed by atoms with Crippen LogP contribution in [0.4, 0.5) is 0 Å². The van der Waals surface area contributed by atoms with E-state index in [0.717, 1.165) is 17.8 Å². The fraction of sp³-hybridized carbons (Fsp3) is 0.444. The zero-order valence-electron chi connectivity index (χ0n) is 7.53. The van der Waals surface area contributed by atoms with Gasteiger partial charge in [-0.2, -0.15) is 0 Å². The van der Waals surface area contributed by atoms with Gasteiger partial charge in [0.25, 0.3) is 0 Å². The Kier molecular flexibility index (Phi) is 3.92. The van der Waals surface area contributed by atoms with Crippen LogP contribution >= 0.6 is 23.7 Å². The Bertz CT molecular complexity index is 320. The van der Waals surface area contributed by atoms with E-state index >= 15 is 0 Å². The molecular formula is C9H12ClNO2S. The van der Waals surface area contributed by atoms with Gasteiger partial charge in [0.05, 0.1) is 0 Å². The number of aromatic carboxylic acids is 1. The van der Waals surface area contributed by atoms with Crippen LogP contribution in [-0.4, -0.2) is 17.6 Å². The zero-order chi connectivity index (χ0) is 9.26. The average molecular weight is 234 g/mol. The summed E-state index contributed by atoms with van der Waals surface area (Å²) in [6.07, 6.45) is 2.31. The highest BCUT2D eigenvalue weighted by Gasteiger charge is 2.18. The molecule has 1 atom stereocenters. The highest BCUT2D eigenvalue weighted by molar-refractivity contribution is 7.14. The summed E-state index contributed by atoms with van der Waals surface area (Å²) in [6, 6.07) is 3.98. The minimum absolute atomic E-state index is 0. The minimum Gasteiger partial charge on any atom is -0.477 e. The van der Waals surface area contributed by atoms with Crippen molar-refractivity contribution in [3.05, 3.63) is 21.9 Å². The molecule has 0 bridgehead atoms. The van der Waals surface area contributed by atoms with Crippen LogP contribution in [0.3, 0.4) is 0 Å². The summed E-state index contributed by atoms with van der Waals surface area (Å²) in [5.74, 6) is -0.825. The molecule has 0 spiro atoms. The number of carboxylic acid groups (broad SMARTS) is 1.